The standard InChI is InChI=1S/C21H22FN3O3S/c22-17-8-10-18(11-9-17)23-21-24(12-3-1-2-4-13-26)20(15-29-21)16-6-5-7-19(14-16)25(27)28/h5-11,14-15,26H,1-4,12-13H2. The van der Waals surface area contributed by atoms with Crippen LogP contribution in [0.1, 0.15) is 25.7 Å². The number of nitro benzene ring substituents is 1. The van der Waals surface area contributed by atoms with Crippen LogP contribution in [0, 0.1) is 15.9 Å². The van der Waals surface area contributed by atoms with Crippen molar-refractivity contribution in [1.29, 1.82) is 0 Å². The molecule has 3 aromatic rings. The van der Waals surface area contributed by atoms with Gasteiger partial charge in [-0.3, -0.25) is 10.1 Å². The molecule has 0 fully saturated rings. The number of nitrogens with zero attached hydrogens (tertiary/aromatic N) is 3. The lowest BCUT2D eigenvalue weighted by Gasteiger charge is -2.09. The van der Waals surface area contributed by atoms with E-state index in [1.807, 2.05) is 16.0 Å². The molecule has 0 saturated carbocycles. The van der Waals surface area contributed by atoms with Crippen molar-refractivity contribution in [2.75, 3.05) is 6.61 Å². The number of thiazole rings is 1. The zero-order chi connectivity index (χ0) is 20.6. The summed E-state index contributed by atoms with van der Waals surface area (Å²) in [6, 6.07) is 12.5. The Morgan fingerprint density at radius 2 is 1.86 bits per heavy atom. The van der Waals surface area contributed by atoms with Gasteiger partial charge in [0.15, 0.2) is 4.80 Å². The highest BCUT2D eigenvalue weighted by Gasteiger charge is 2.12. The number of hydrogen-bond acceptors (Lipinski definition) is 5. The summed E-state index contributed by atoms with van der Waals surface area (Å²) in [6.07, 6.45) is 3.58. The molecule has 0 aliphatic rings. The van der Waals surface area contributed by atoms with Crippen LogP contribution in [0.4, 0.5) is 15.8 Å². The second kappa shape index (κ2) is 10.1. The van der Waals surface area contributed by atoms with Crippen LogP contribution < -0.4 is 4.80 Å². The number of rotatable bonds is 9. The summed E-state index contributed by atoms with van der Waals surface area (Å²) in [7, 11) is 0. The van der Waals surface area contributed by atoms with Crippen LogP contribution in [0.25, 0.3) is 11.3 Å². The van der Waals surface area contributed by atoms with Crippen LogP contribution in [-0.4, -0.2) is 21.2 Å². The third-order valence-corrected chi connectivity index (χ3v) is 5.36. The van der Waals surface area contributed by atoms with Gasteiger partial charge in [0.05, 0.1) is 16.3 Å². The first kappa shape index (κ1) is 20.9. The first-order valence-corrected chi connectivity index (χ1v) is 10.3. The Morgan fingerprint density at radius 1 is 1.10 bits per heavy atom. The molecule has 1 heterocycles. The van der Waals surface area contributed by atoms with Crippen molar-refractivity contribution < 1.29 is 14.4 Å². The second-order valence-electron chi connectivity index (χ2n) is 6.59. The number of halogens is 1. The lowest BCUT2D eigenvalue weighted by atomic mass is 10.1. The summed E-state index contributed by atoms with van der Waals surface area (Å²) >= 11 is 1.45. The van der Waals surface area contributed by atoms with E-state index in [0.29, 0.717) is 12.2 Å². The molecule has 0 amide bonds. The molecule has 0 radical (unpaired) electrons. The SMILES string of the molecule is O=[N+]([O-])c1cccc(-c2csc(=Nc3ccc(F)cc3)n2CCCCCCO)c1. The number of benzene rings is 2. The summed E-state index contributed by atoms with van der Waals surface area (Å²) in [5, 5.41) is 22.0. The van der Waals surface area contributed by atoms with E-state index in [0.717, 1.165) is 41.7 Å². The van der Waals surface area contributed by atoms with E-state index in [4.69, 9.17) is 5.11 Å². The van der Waals surface area contributed by atoms with E-state index < -0.39 is 4.92 Å². The highest BCUT2D eigenvalue weighted by molar-refractivity contribution is 7.07. The van der Waals surface area contributed by atoms with Gasteiger partial charge in [0.1, 0.15) is 5.82 Å². The predicted molar refractivity (Wildman–Crippen MR) is 112 cm³/mol. The first-order valence-electron chi connectivity index (χ1n) is 9.43. The maximum absolute atomic E-state index is 13.2. The van der Waals surface area contributed by atoms with E-state index >= 15 is 0 Å². The van der Waals surface area contributed by atoms with Crippen LogP contribution in [0.5, 0.6) is 0 Å². The molecule has 3 rings (SSSR count). The van der Waals surface area contributed by atoms with Gasteiger partial charge in [-0.25, -0.2) is 9.38 Å². The largest absolute Gasteiger partial charge is 0.396 e. The zero-order valence-corrected chi connectivity index (χ0v) is 16.6. The Kier molecular flexibility index (Phi) is 7.26. The van der Waals surface area contributed by atoms with Crippen molar-refractivity contribution in [3.63, 3.8) is 0 Å². The fourth-order valence-electron chi connectivity index (χ4n) is 3.01. The minimum Gasteiger partial charge on any atom is -0.396 e. The molecule has 152 valence electrons. The van der Waals surface area contributed by atoms with Gasteiger partial charge < -0.3 is 9.67 Å². The minimum absolute atomic E-state index is 0.0419. The Morgan fingerprint density at radius 3 is 2.59 bits per heavy atom. The summed E-state index contributed by atoms with van der Waals surface area (Å²) < 4.78 is 15.2. The molecule has 2 aromatic carbocycles. The quantitative estimate of drug-likeness (QED) is 0.302. The third-order valence-electron chi connectivity index (χ3n) is 4.49. The fraction of sp³-hybridized carbons (Fsp3) is 0.286. The zero-order valence-electron chi connectivity index (χ0n) is 15.8. The number of hydrogen-bond donors (Lipinski definition) is 1. The van der Waals surface area contributed by atoms with Crippen LogP contribution in [0.3, 0.4) is 0 Å². The first-order chi connectivity index (χ1) is 14.1. The molecule has 1 aromatic heterocycles. The van der Waals surface area contributed by atoms with Crippen LogP contribution in [0.2, 0.25) is 0 Å². The van der Waals surface area contributed by atoms with Gasteiger partial charge in [-0.05, 0) is 37.1 Å². The van der Waals surface area contributed by atoms with Crippen molar-refractivity contribution in [2.24, 2.45) is 4.99 Å². The van der Waals surface area contributed by atoms with Gasteiger partial charge in [-0.1, -0.05) is 25.0 Å². The van der Waals surface area contributed by atoms with Crippen LogP contribution in [0.15, 0.2) is 58.9 Å². The summed E-state index contributed by atoms with van der Waals surface area (Å²) in [6.45, 7) is 0.892. The molecular weight excluding hydrogens is 393 g/mol. The molecule has 0 aliphatic heterocycles. The molecule has 6 nitrogen and oxygen atoms in total. The fourth-order valence-corrected chi connectivity index (χ4v) is 3.96. The molecule has 0 spiro atoms. The molecule has 0 atom stereocenters. The van der Waals surface area contributed by atoms with Gasteiger partial charge in [0.2, 0.25) is 0 Å². The third kappa shape index (κ3) is 5.58. The molecule has 29 heavy (non-hydrogen) atoms. The van der Waals surface area contributed by atoms with Gasteiger partial charge >= 0.3 is 0 Å². The predicted octanol–water partition coefficient (Wildman–Crippen LogP) is 5.05. The lowest BCUT2D eigenvalue weighted by Crippen LogP contribution is -2.16. The van der Waals surface area contributed by atoms with Crippen LogP contribution in [-0.2, 0) is 6.54 Å². The molecule has 8 heteroatoms. The Balaban J connectivity index is 1.97. The number of aliphatic hydroxyl groups excluding tert-OH is 1. The summed E-state index contributed by atoms with van der Waals surface area (Å²) in [5.74, 6) is -0.316. The van der Waals surface area contributed by atoms with Gasteiger partial charge in [-0.2, -0.15) is 0 Å². The number of aromatic nitrogens is 1. The van der Waals surface area contributed by atoms with Crippen LogP contribution >= 0.6 is 11.3 Å². The normalized spacial score (nSPS) is 11.7. The summed E-state index contributed by atoms with van der Waals surface area (Å²) in [4.78, 5) is 16.1. The van der Waals surface area contributed by atoms with Gasteiger partial charge in [0, 0.05) is 36.2 Å². The van der Waals surface area contributed by atoms with E-state index in [1.54, 1.807) is 24.3 Å². The van der Waals surface area contributed by atoms with Crippen molar-refractivity contribution in [3.05, 3.63) is 74.6 Å². The molecule has 0 bridgehead atoms. The van der Waals surface area contributed by atoms with Gasteiger partial charge in [0.25, 0.3) is 5.69 Å². The molecule has 0 unspecified atom stereocenters. The van der Waals surface area contributed by atoms with Crippen molar-refractivity contribution in [3.8, 4) is 11.3 Å². The van der Waals surface area contributed by atoms with E-state index in [9.17, 15) is 14.5 Å². The topological polar surface area (TPSA) is 80.7 Å². The van der Waals surface area contributed by atoms with E-state index in [2.05, 4.69) is 4.99 Å². The van der Waals surface area contributed by atoms with Crippen molar-refractivity contribution >= 4 is 22.7 Å². The number of unbranched alkanes of at least 4 members (excludes halogenated alkanes) is 3. The highest BCUT2D eigenvalue weighted by atomic mass is 32.1. The Hall–Kier alpha value is -2.84. The van der Waals surface area contributed by atoms with Crippen molar-refractivity contribution in [1.82, 2.24) is 4.57 Å². The number of nitro groups is 1. The molecule has 1 N–H and O–H groups in total. The monoisotopic (exact) mass is 415 g/mol. The maximum atomic E-state index is 13.2. The highest BCUT2D eigenvalue weighted by Crippen LogP contribution is 2.25. The average Bonchev–Trinajstić information content (AvgIpc) is 3.12. The average molecular weight is 415 g/mol. The minimum atomic E-state index is -0.404. The Labute approximate surface area is 171 Å². The second-order valence-corrected chi connectivity index (χ2v) is 7.43. The molecule has 0 aliphatic carbocycles. The van der Waals surface area contributed by atoms with E-state index in [1.165, 1.54) is 29.5 Å². The maximum Gasteiger partial charge on any atom is 0.270 e. The van der Waals surface area contributed by atoms with Gasteiger partial charge in [-0.15, -0.1) is 11.3 Å². The number of aliphatic hydroxyl groups is 1. The molecule has 0 saturated heterocycles. The number of non-ortho nitro benzene ring substituents is 1. The van der Waals surface area contributed by atoms with Crippen molar-refractivity contribution in [2.45, 2.75) is 32.2 Å². The smallest absolute Gasteiger partial charge is 0.270 e. The Bertz CT molecular complexity index is 1030. The molecular formula is C21H22FN3O3S. The lowest BCUT2D eigenvalue weighted by molar-refractivity contribution is -0.384. The summed E-state index contributed by atoms with van der Waals surface area (Å²) in [5.41, 5.74) is 2.31. The van der Waals surface area contributed by atoms with E-state index in [-0.39, 0.29) is 18.1 Å².